The lowest BCUT2D eigenvalue weighted by atomic mass is 10.1. The third-order valence-corrected chi connectivity index (χ3v) is 4.39. The number of nitrogens with zero attached hydrogens (tertiary/aromatic N) is 1. The van der Waals surface area contributed by atoms with Gasteiger partial charge in [-0.25, -0.2) is 4.99 Å². The first-order chi connectivity index (χ1) is 14.3. The quantitative estimate of drug-likeness (QED) is 0.401. The summed E-state index contributed by atoms with van der Waals surface area (Å²) in [5.74, 6) is 0.529. The maximum absolute atomic E-state index is 12.1. The lowest BCUT2D eigenvalue weighted by Gasteiger charge is -2.16. The average molecular weight is 444 g/mol. The molecule has 0 heterocycles. The van der Waals surface area contributed by atoms with Gasteiger partial charge in [0.1, 0.15) is 6.61 Å². The van der Waals surface area contributed by atoms with Gasteiger partial charge in [0, 0.05) is 23.7 Å². The monoisotopic (exact) mass is 443 g/mol. The fourth-order valence-electron chi connectivity index (χ4n) is 2.59. The van der Waals surface area contributed by atoms with E-state index in [1.807, 2.05) is 13.0 Å². The molecule has 3 N–H and O–H groups in total. The Kier molecular flexibility index (Phi) is 9.42. The van der Waals surface area contributed by atoms with Crippen LogP contribution in [0.25, 0.3) is 0 Å². The van der Waals surface area contributed by atoms with E-state index in [2.05, 4.69) is 20.4 Å². The van der Waals surface area contributed by atoms with E-state index < -0.39 is 18.9 Å². The summed E-state index contributed by atoms with van der Waals surface area (Å²) in [7, 11) is 0. The second kappa shape index (κ2) is 11.8. The van der Waals surface area contributed by atoms with Gasteiger partial charge in [-0.3, -0.25) is 0 Å². The van der Waals surface area contributed by atoms with Crippen LogP contribution in [-0.4, -0.2) is 36.9 Å². The van der Waals surface area contributed by atoms with Gasteiger partial charge in [-0.1, -0.05) is 54.1 Å². The Morgan fingerprint density at radius 2 is 1.77 bits per heavy atom. The fraction of sp³-hybridized carbons (Fsp3) is 0.381. The standard InChI is InChI=1S/C21H25ClF3N3O2/c1-2-26-20(28-12-19(29)17-5-3-4-6-18(17)22)27-11-15-7-9-16(10-8-15)13-30-14-21(23,24)25/h3-10,19,29H,2,11-14H2,1H3,(H2,26,27,28). The number of rotatable bonds is 9. The molecule has 2 rings (SSSR count). The van der Waals surface area contributed by atoms with Crippen molar-refractivity contribution in [2.75, 3.05) is 19.7 Å². The van der Waals surface area contributed by atoms with E-state index in [9.17, 15) is 18.3 Å². The minimum Gasteiger partial charge on any atom is -0.387 e. The molecule has 0 aliphatic carbocycles. The Labute approximate surface area is 178 Å². The van der Waals surface area contributed by atoms with E-state index in [1.54, 1.807) is 42.5 Å². The second-order valence-electron chi connectivity index (χ2n) is 6.54. The zero-order chi connectivity index (χ0) is 22.0. The topological polar surface area (TPSA) is 65.9 Å². The Bertz CT molecular complexity index is 814. The van der Waals surface area contributed by atoms with Crippen LogP contribution in [0.3, 0.4) is 0 Å². The van der Waals surface area contributed by atoms with Crippen LogP contribution in [0.2, 0.25) is 5.02 Å². The third-order valence-electron chi connectivity index (χ3n) is 4.05. The van der Waals surface area contributed by atoms with E-state index in [0.717, 1.165) is 5.56 Å². The number of guanidine groups is 1. The molecular formula is C21H25ClF3N3O2. The van der Waals surface area contributed by atoms with Crippen molar-refractivity contribution in [3.05, 3.63) is 70.2 Å². The molecule has 30 heavy (non-hydrogen) atoms. The smallest absolute Gasteiger partial charge is 0.387 e. The van der Waals surface area contributed by atoms with Gasteiger partial charge in [0.05, 0.1) is 19.3 Å². The number of aliphatic hydroxyl groups excluding tert-OH is 1. The van der Waals surface area contributed by atoms with Crippen molar-refractivity contribution in [1.82, 2.24) is 10.6 Å². The van der Waals surface area contributed by atoms with Crippen LogP contribution in [0.4, 0.5) is 13.2 Å². The zero-order valence-corrected chi connectivity index (χ0v) is 17.3. The van der Waals surface area contributed by atoms with Gasteiger partial charge in [-0.15, -0.1) is 0 Å². The van der Waals surface area contributed by atoms with Gasteiger partial charge in [0.2, 0.25) is 0 Å². The zero-order valence-electron chi connectivity index (χ0n) is 16.5. The van der Waals surface area contributed by atoms with Gasteiger partial charge < -0.3 is 20.5 Å². The molecule has 0 bridgehead atoms. The van der Waals surface area contributed by atoms with Crippen molar-refractivity contribution in [3.63, 3.8) is 0 Å². The average Bonchev–Trinajstić information content (AvgIpc) is 2.70. The minimum atomic E-state index is -4.33. The summed E-state index contributed by atoms with van der Waals surface area (Å²) >= 11 is 6.11. The number of hydrogen-bond acceptors (Lipinski definition) is 3. The molecular weight excluding hydrogens is 419 g/mol. The van der Waals surface area contributed by atoms with Crippen LogP contribution in [0.15, 0.2) is 53.5 Å². The summed E-state index contributed by atoms with van der Waals surface area (Å²) in [5, 5.41) is 17.0. The Morgan fingerprint density at radius 1 is 1.10 bits per heavy atom. The molecule has 2 aromatic carbocycles. The number of aliphatic hydroxyl groups is 1. The lowest BCUT2D eigenvalue weighted by Crippen LogP contribution is -2.39. The molecule has 0 aromatic heterocycles. The molecule has 0 saturated heterocycles. The summed E-state index contributed by atoms with van der Waals surface area (Å²) in [5.41, 5.74) is 2.17. The summed E-state index contributed by atoms with van der Waals surface area (Å²) in [6.45, 7) is 1.79. The molecule has 5 nitrogen and oxygen atoms in total. The van der Waals surface area contributed by atoms with Crippen molar-refractivity contribution < 1.29 is 23.0 Å². The molecule has 2 aromatic rings. The number of hydrogen-bond donors (Lipinski definition) is 3. The normalized spacial score (nSPS) is 13.2. The van der Waals surface area contributed by atoms with E-state index in [0.29, 0.717) is 35.2 Å². The van der Waals surface area contributed by atoms with Crippen LogP contribution < -0.4 is 10.6 Å². The predicted molar refractivity (Wildman–Crippen MR) is 111 cm³/mol. The number of nitrogens with one attached hydrogen (secondary N) is 2. The molecule has 164 valence electrons. The summed E-state index contributed by atoms with van der Waals surface area (Å²) in [4.78, 5) is 4.47. The fourth-order valence-corrected chi connectivity index (χ4v) is 2.85. The Hall–Kier alpha value is -2.29. The molecule has 0 fully saturated rings. The molecule has 0 aliphatic rings. The highest BCUT2D eigenvalue weighted by atomic mass is 35.5. The summed E-state index contributed by atoms with van der Waals surface area (Å²) in [6.07, 6.45) is -5.12. The van der Waals surface area contributed by atoms with Gasteiger partial charge in [-0.2, -0.15) is 13.2 Å². The molecule has 0 radical (unpaired) electrons. The van der Waals surface area contributed by atoms with Crippen molar-refractivity contribution >= 4 is 17.6 Å². The van der Waals surface area contributed by atoms with Crippen LogP contribution >= 0.6 is 11.6 Å². The van der Waals surface area contributed by atoms with Gasteiger partial charge >= 0.3 is 6.18 Å². The van der Waals surface area contributed by atoms with Gasteiger partial charge in [0.15, 0.2) is 5.96 Å². The number of aliphatic imine (C=N–C) groups is 1. The van der Waals surface area contributed by atoms with E-state index in [4.69, 9.17) is 11.6 Å². The first kappa shape index (κ1) is 24.0. The van der Waals surface area contributed by atoms with E-state index >= 15 is 0 Å². The van der Waals surface area contributed by atoms with Crippen LogP contribution in [0.5, 0.6) is 0 Å². The van der Waals surface area contributed by atoms with Crippen molar-refractivity contribution in [3.8, 4) is 0 Å². The SMILES string of the molecule is CCNC(=NCc1ccc(COCC(F)(F)F)cc1)NCC(O)c1ccccc1Cl. The third kappa shape index (κ3) is 8.61. The first-order valence-electron chi connectivity index (χ1n) is 9.45. The Morgan fingerprint density at radius 3 is 2.40 bits per heavy atom. The second-order valence-corrected chi connectivity index (χ2v) is 6.95. The molecule has 0 aliphatic heterocycles. The molecule has 0 spiro atoms. The maximum Gasteiger partial charge on any atom is 0.411 e. The van der Waals surface area contributed by atoms with Crippen molar-refractivity contribution in [2.24, 2.45) is 4.99 Å². The number of alkyl halides is 3. The summed E-state index contributed by atoms with van der Waals surface area (Å²) in [6, 6.07) is 14.1. The molecule has 1 atom stereocenters. The largest absolute Gasteiger partial charge is 0.411 e. The number of benzene rings is 2. The highest BCUT2D eigenvalue weighted by molar-refractivity contribution is 6.31. The highest BCUT2D eigenvalue weighted by Crippen LogP contribution is 2.21. The lowest BCUT2D eigenvalue weighted by molar-refractivity contribution is -0.176. The van der Waals surface area contributed by atoms with E-state index in [-0.39, 0.29) is 13.2 Å². The maximum atomic E-state index is 12.1. The predicted octanol–water partition coefficient (Wildman–Crippen LogP) is 4.21. The van der Waals surface area contributed by atoms with Gasteiger partial charge in [-0.05, 0) is 24.1 Å². The molecule has 0 saturated carbocycles. The molecule has 0 amide bonds. The van der Waals surface area contributed by atoms with Crippen LogP contribution in [0, 0.1) is 0 Å². The number of halogens is 4. The molecule has 9 heteroatoms. The van der Waals surface area contributed by atoms with Gasteiger partial charge in [0.25, 0.3) is 0 Å². The first-order valence-corrected chi connectivity index (χ1v) is 9.83. The van der Waals surface area contributed by atoms with Crippen LogP contribution in [0.1, 0.15) is 29.7 Å². The minimum absolute atomic E-state index is 0.104. The molecule has 1 unspecified atom stereocenters. The van der Waals surface area contributed by atoms with Crippen molar-refractivity contribution in [2.45, 2.75) is 32.4 Å². The van der Waals surface area contributed by atoms with Crippen LogP contribution in [-0.2, 0) is 17.9 Å². The number of ether oxygens (including phenoxy) is 1. The van der Waals surface area contributed by atoms with E-state index in [1.165, 1.54) is 0 Å². The highest BCUT2D eigenvalue weighted by Gasteiger charge is 2.27. The summed E-state index contributed by atoms with van der Waals surface area (Å²) < 4.78 is 41.0. The Balaban J connectivity index is 1.88. The van der Waals surface area contributed by atoms with Crippen molar-refractivity contribution in [1.29, 1.82) is 0 Å².